The number of nitrogens with zero attached hydrogens (tertiary/aromatic N) is 1. The molecule has 1 unspecified atom stereocenters. The van der Waals surface area contributed by atoms with Gasteiger partial charge in [0.2, 0.25) is 5.91 Å². The summed E-state index contributed by atoms with van der Waals surface area (Å²) in [6, 6.07) is 7.77. The van der Waals surface area contributed by atoms with Gasteiger partial charge < -0.3 is 14.8 Å². The van der Waals surface area contributed by atoms with Crippen molar-refractivity contribution in [2.24, 2.45) is 5.92 Å². The second-order valence-corrected chi connectivity index (χ2v) is 6.60. The van der Waals surface area contributed by atoms with Gasteiger partial charge in [-0.1, -0.05) is 19.1 Å². The minimum Gasteiger partial charge on any atom is -0.494 e. The minimum absolute atomic E-state index is 0.0330. The van der Waals surface area contributed by atoms with Gasteiger partial charge >= 0.3 is 5.97 Å². The van der Waals surface area contributed by atoms with Crippen molar-refractivity contribution in [3.8, 4) is 5.75 Å². The molecule has 0 bridgehead atoms. The van der Waals surface area contributed by atoms with E-state index in [1.165, 1.54) is 0 Å². The first-order valence-corrected chi connectivity index (χ1v) is 9.49. The summed E-state index contributed by atoms with van der Waals surface area (Å²) in [5.74, 6) is 0.520. The molecule has 1 atom stereocenters. The molecule has 0 aromatic heterocycles. The zero-order valence-corrected chi connectivity index (χ0v) is 15.8. The van der Waals surface area contributed by atoms with Crippen molar-refractivity contribution in [3.05, 3.63) is 29.8 Å². The molecule has 1 fully saturated rings. The number of amides is 1. The highest BCUT2D eigenvalue weighted by molar-refractivity contribution is 5.78. The Morgan fingerprint density at radius 2 is 2.15 bits per heavy atom. The van der Waals surface area contributed by atoms with E-state index in [4.69, 9.17) is 9.47 Å². The highest BCUT2D eigenvalue weighted by atomic mass is 16.5. The lowest BCUT2D eigenvalue weighted by Crippen LogP contribution is -2.44. The average molecular weight is 362 g/mol. The summed E-state index contributed by atoms with van der Waals surface area (Å²) in [5, 5.41) is 2.95. The summed E-state index contributed by atoms with van der Waals surface area (Å²) in [5.41, 5.74) is 1.01. The van der Waals surface area contributed by atoms with Crippen LogP contribution in [-0.2, 0) is 20.9 Å². The second kappa shape index (κ2) is 10.8. The Balaban J connectivity index is 1.77. The summed E-state index contributed by atoms with van der Waals surface area (Å²) >= 11 is 0. The Morgan fingerprint density at radius 3 is 2.92 bits per heavy atom. The Labute approximate surface area is 155 Å². The molecule has 26 heavy (non-hydrogen) atoms. The molecule has 1 aromatic rings. The Bertz CT molecular complexity index is 591. The van der Waals surface area contributed by atoms with Gasteiger partial charge in [-0.3, -0.25) is 14.5 Å². The number of hydrogen-bond acceptors (Lipinski definition) is 5. The van der Waals surface area contributed by atoms with Crippen LogP contribution in [0.2, 0.25) is 0 Å². The molecule has 1 N–H and O–H groups in total. The smallest absolute Gasteiger partial charge is 0.310 e. The zero-order chi connectivity index (χ0) is 18.8. The van der Waals surface area contributed by atoms with Crippen molar-refractivity contribution >= 4 is 11.9 Å². The summed E-state index contributed by atoms with van der Waals surface area (Å²) in [6.45, 7) is 7.17. The third-order valence-electron chi connectivity index (χ3n) is 4.35. The van der Waals surface area contributed by atoms with Crippen LogP contribution in [0.4, 0.5) is 0 Å². The second-order valence-electron chi connectivity index (χ2n) is 6.60. The number of hydrogen-bond donors (Lipinski definition) is 1. The van der Waals surface area contributed by atoms with Gasteiger partial charge in [-0.05, 0) is 50.4 Å². The van der Waals surface area contributed by atoms with Crippen LogP contribution >= 0.6 is 0 Å². The molecule has 1 aliphatic rings. The molecular weight excluding hydrogens is 332 g/mol. The van der Waals surface area contributed by atoms with E-state index in [0.717, 1.165) is 37.1 Å². The molecule has 0 aliphatic carbocycles. The van der Waals surface area contributed by atoms with E-state index in [0.29, 0.717) is 32.8 Å². The van der Waals surface area contributed by atoms with Crippen LogP contribution in [0.1, 0.15) is 38.7 Å². The molecule has 6 heteroatoms. The number of nitrogens with one attached hydrogen (secondary N) is 1. The maximum Gasteiger partial charge on any atom is 0.310 e. The third kappa shape index (κ3) is 6.67. The predicted molar refractivity (Wildman–Crippen MR) is 99.9 cm³/mol. The first kappa shape index (κ1) is 20.2. The number of likely N-dealkylation sites (tertiary alicyclic amines) is 1. The zero-order valence-electron chi connectivity index (χ0n) is 15.8. The molecule has 1 aliphatic heterocycles. The van der Waals surface area contributed by atoms with Crippen LogP contribution in [0.15, 0.2) is 24.3 Å². The molecular formula is C20H30N2O4. The van der Waals surface area contributed by atoms with Crippen LogP contribution in [0.3, 0.4) is 0 Å². The molecule has 1 aromatic carbocycles. The predicted octanol–water partition coefficient (Wildman–Crippen LogP) is 2.37. The molecule has 0 saturated carbocycles. The number of ether oxygens (including phenoxy) is 2. The van der Waals surface area contributed by atoms with Crippen molar-refractivity contribution in [2.75, 3.05) is 32.8 Å². The monoisotopic (exact) mass is 362 g/mol. The van der Waals surface area contributed by atoms with Crippen LogP contribution in [0.5, 0.6) is 5.75 Å². The van der Waals surface area contributed by atoms with E-state index in [1.54, 1.807) is 0 Å². The minimum atomic E-state index is -0.151. The van der Waals surface area contributed by atoms with Crippen LogP contribution in [0.25, 0.3) is 0 Å². The Kier molecular flexibility index (Phi) is 8.41. The highest BCUT2D eigenvalue weighted by Gasteiger charge is 2.27. The standard InChI is InChI=1S/C20H30N2O4/c1-3-11-26-18-9-5-7-16(12-18)13-21-19(23)15-22-10-6-8-17(14-22)20(24)25-4-2/h5,7,9,12,17H,3-4,6,8,10-11,13-15H2,1-2H3,(H,21,23). The van der Waals surface area contributed by atoms with Gasteiger partial charge in [0.25, 0.3) is 0 Å². The number of piperidine rings is 1. The van der Waals surface area contributed by atoms with E-state index >= 15 is 0 Å². The van der Waals surface area contributed by atoms with Gasteiger partial charge in [0.05, 0.1) is 25.7 Å². The number of benzene rings is 1. The molecule has 2 rings (SSSR count). The topological polar surface area (TPSA) is 67.9 Å². The van der Waals surface area contributed by atoms with Gasteiger partial charge in [0.1, 0.15) is 5.75 Å². The number of carbonyl (C=O) groups excluding carboxylic acids is 2. The van der Waals surface area contributed by atoms with Gasteiger partial charge in [-0.25, -0.2) is 0 Å². The molecule has 144 valence electrons. The summed E-state index contributed by atoms with van der Waals surface area (Å²) < 4.78 is 10.7. The molecule has 0 spiro atoms. The van der Waals surface area contributed by atoms with E-state index in [9.17, 15) is 9.59 Å². The largest absolute Gasteiger partial charge is 0.494 e. The third-order valence-corrected chi connectivity index (χ3v) is 4.35. The molecule has 0 radical (unpaired) electrons. The van der Waals surface area contributed by atoms with Crippen molar-refractivity contribution in [1.29, 1.82) is 0 Å². The molecule has 1 amide bonds. The number of esters is 1. The maximum absolute atomic E-state index is 12.2. The van der Waals surface area contributed by atoms with Gasteiger partial charge in [0.15, 0.2) is 0 Å². The lowest BCUT2D eigenvalue weighted by Gasteiger charge is -2.30. The van der Waals surface area contributed by atoms with Gasteiger partial charge in [-0.2, -0.15) is 0 Å². The van der Waals surface area contributed by atoms with Gasteiger partial charge in [0, 0.05) is 13.1 Å². The van der Waals surface area contributed by atoms with Crippen molar-refractivity contribution in [1.82, 2.24) is 10.2 Å². The quantitative estimate of drug-likeness (QED) is 0.683. The van der Waals surface area contributed by atoms with Crippen molar-refractivity contribution in [2.45, 2.75) is 39.7 Å². The number of carbonyl (C=O) groups is 2. The van der Waals surface area contributed by atoms with Crippen molar-refractivity contribution in [3.63, 3.8) is 0 Å². The molecule has 1 saturated heterocycles. The fourth-order valence-corrected chi connectivity index (χ4v) is 3.08. The highest BCUT2D eigenvalue weighted by Crippen LogP contribution is 2.18. The van der Waals surface area contributed by atoms with E-state index in [-0.39, 0.29) is 17.8 Å². The Hall–Kier alpha value is -2.08. The maximum atomic E-state index is 12.2. The Morgan fingerprint density at radius 1 is 1.31 bits per heavy atom. The first-order valence-electron chi connectivity index (χ1n) is 9.49. The first-order chi connectivity index (χ1) is 12.6. The van der Waals surface area contributed by atoms with Gasteiger partial charge in [-0.15, -0.1) is 0 Å². The fraction of sp³-hybridized carbons (Fsp3) is 0.600. The van der Waals surface area contributed by atoms with Crippen LogP contribution in [-0.4, -0.2) is 49.6 Å². The lowest BCUT2D eigenvalue weighted by molar-refractivity contribution is -0.150. The van der Waals surface area contributed by atoms with E-state index in [1.807, 2.05) is 36.1 Å². The van der Waals surface area contributed by atoms with E-state index in [2.05, 4.69) is 12.2 Å². The fourth-order valence-electron chi connectivity index (χ4n) is 3.08. The SMILES string of the molecule is CCCOc1cccc(CNC(=O)CN2CCCC(C(=O)OCC)C2)c1. The van der Waals surface area contributed by atoms with Crippen LogP contribution in [0, 0.1) is 5.92 Å². The summed E-state index contributed by atoms with van der Waals surface area (Å²) in [6.07, 6.45) is 2.71. The lowest BCUT2D eigenvalue weighted by atomic mass is 9.98. The average Bonchev–Trinajstić information content (AvgIpc) is 2.65. The molecule has 1 heterocycles. The normalized spacial score (nSPS) is 17.5. The summed E-state index contributed by atoms with van der Waals surface area (Å²) in [7, 11) is 0. The summed E-state index contributed by atoms with van der Waals surface area (Å²) in [4.78, 5) is 26.2. The molecule has 6 nitrogen and oxygen atoms in total. The van der Waals surface area contributed by atoms with Crippen LogP contribution < -0.4 is 10.1 Å². The number of rotatable bonds is 9. The van der Waals surface area contributed by atoms with Crippen molar-refractivity contribution < 1.29 is 19.1 Å². The van der Waals surface area contributed by atoms with E-state index < -0.39 is 0 Å².